The molecule has 65 heavy (non-hydrogen) atoms. The predicted molar refractivity (Wildman–Crippen MR) is 262 cm³/mol. The van der Waals surface area contributed by atoms with Crippen molar-refractivity contribution in [1.82, 2.24) is 29.8 Å². The highest BCUT2D eigenvalue weighted by Crippen LogP contribution is 2.45. The van der Waals surface area contributed by atoms with Gasteiger partial charge in [0.1, 0.15) is 6.61 Å². The first-order chi connectivity index (χ1) is 31.0. The Morgan fingerprint density at radius 2 is 1.22 bits per heavy atom. The minimum absolute atomic E-state index is 0.00776. The van der Waals surface area contributed by atoms with Gasteiger partial charge >= 0.3 is 6.09 Å². The second-order valence-electron chi connectivity index (χ2n) is 19.3. The summed E-state index contributed by atoms with van der Waals surface area (Å²) in [5.74, 6) is -0.00650. The number of aryl methyl sites for hydroxylation is 4. The van der Waals surface area contributed by atoms with Crippen LogP contribution in [0.3, 0.4) is 0 Å². The summed E-state index contributed by atoms with van der Waals surface area (Å²) in [4.78, 5) is 43.8. The molecule has 2 atom stereocenters. The Bertz CT molecular complexity index is 2620. The third-order valence-electron chi connectivity index (χ3n) is 12.4. The number of thiophene rings is 2. The summed E-state index contributed by atoms with van der Waals surface area (Å²) in [6, 6.07) is 28.7. The fourth-order valence-corrected chi connectivity index (χ4v) is 11.1. The molecular weight excluding hydrogens is 896 g/mol. The molecule has 2 aromatic carbocycles. The van der Waals surface area contributed by atoms with E-state index in [1.165, 1.54) is 27.1 Å². The predicted octanol–water partition coefficient (Wildman–Crippen LogP) is 12.6. The van der Waals surface area contributed by atoms with Gasteiger partial charge in [-0.3, -0.25) is 14.5 Å². The molecule has 6 aromatic rings. The molecule has 0 bridgehead atoms. The first-order valence-electron chi connectivity index (χ1n) is 22.7. The SMILES string of the molecule is CC(C)(C)C(=O)n1nc(C2CCCN2)cc1CCc1ccc(Cl)s1.CC(C)(C)C(=O)n1nc(C2CCCN2C(=O)OCC2c3ccccc3-c3ccccc32)cc1CCc1ccc(Cl)s1. The summed E-state index contributed by atoms with van der Waals surface area (Å²) in [5, 5.41) is 12.9. The van der Waals surface area contributed by atoms with Gasteiger partial charge < -0.3 is 10.1 Å². The molecule has 3 aliphatic rings. The number of carbonyl (C=O) groups excluding carboxylic acids is 3. The Hall–Kier alpha value is -4.59. The number of nitrogens with one attached hydrogen (secondary N) is 1. The van der Waals surface area contributed by atoms with Crippen LogP contribution < -0.4 is 5.32 Å². The molecule has 10 nitrogen and oxygen atoms in total. The molecule has 1 aliphatic carbocycles. The monoisotopic (exact) mass is 952 g/mol. The molecule has 14 heteroatoms. The lowest BCUT2D eigenvalue weighted by molar-refractivity contribution is 0.0737. The second kappa shape index (κ2) is 19.7. The van der Waals surface area contributed by atoms with Crippen molar-refractivity contribution in [2.45, 2.75) is 111 Å². The topological polar surface area (TPSA) is 111 Å². The van der Waals surface area contributed by atoms with Gasteiger partial charge in [-0.15, -0.1) is 22.7 Å². The Morgan fingerprint density at radius 1 is 0.692 bits per heavy atom. The van der Waals surface area contributed by atoms with E-state index in [0.717, 1.165) is 87.8 Å². The number of rotatable bonds is 10. The van der Waals surface area contributed by atoms with E-state index in [2.05, 4.69) is 46.8 Å². The van der Waals surface area contributed by atoms with Gasteiger partial charge in [0, 0.05) is 44.4 Å². The number of hydrogen-bond acceptors (Lipinski definition) is 9. The molecule has 0 saturated carbocycles. The van der Waals surface area contributed by atoms with E-state index in [4.69, 9.17) is 33.0 Å². The second-order valence-corrected chi connectivity index (χ2v) is 22.9. The first-order valence-corrected chi connectivity index (χ1v) is 25.0. The van der Waals surface area contributed by atoms with Crippen molar-refractivity contribution in [3.63, 3.8) is 0 Å². The zero-order chi connectivity index (χ0) is 46.0. The van der Waals surface area contributed by atoms with Crippen LogP contribution in [-0.2, 0) is 30.4 Å². The Kier molecular flexibility index (Phi) is 14.2. The molecule has 2 saturated heterocycles. The highest BCUT2D eigenvalue weighted by atomic mass is 35.5. The van der Waals surface area contributed by atoms with Crippen LogP contribution in [-0.4, -0.2) is 62.1 Å². The molecule has 0 spiro atoms. The van der Waals surface area contributed by atoms with Crippen LogP contribution in [0, 0.1) is 10.8 Å². The maximum Gasteiger partial charge on any atom is 0.410 e. The number of amides is 1. The molecule has 1 amide bonds. The van der Waals surface area contributed by atoms with Crippen LogP contribution in [0.5, 0.6) is 0 Å². The number of likely N-dealkylation sites (tertiary alicyclic amines) is 1. The lowest BCUT2D eigenvalue weighted by Gasteiger charge is -2.24. The van der Waals surface area contributed by atoms with Gasteiger partial charge in [0.15, 0.2) is 0 Å². The molecular formula is C51H58Cl2N6O4S2. The number of halogens is 2. The van der Waals surface area contributed by atoms with E-state index in [-0.39, 0.29) is 42.5 Å². The van der Waals surface area contributed by atoms with Gasteiger partial charge in [0.25, 0.3) is 11.8 Å². The number of ether oxygens (including phenoxy) is 1. The highest BCUT2D eigenvalue weighted by Gasteiger charge is 2.37. The fraction of sp³-hybridized carbons (Fsp3) is 0.431. The van der Waals surface area contributed by atoms with E-state index >= 15 is 0 Å². The van der Waals surface area contributed by atoms with E-state index in [1.807, 2.05) is 90.1 Å². The molecule has 1 N–H and O–H groups in total. The van der Waals surface area contributed by atoms with E-state index in [0.29, 0.717) is 13.0 Å². The van der Waals surface area contributed by atoms with Crippen molar-refractivity contribution in [2.75, 3.05) is 19.7 Å². The molecule has 2 unspecified atom stereocenters. The van der Waals surface area contributed by atoms with Gasteiger partial charge in [0.05, 0.1) is 32.1 Å². The van der Waals surface area contributed by atoms with Crippen molar-refractivity contribution >= 4 is 63.8 Å². The van der Waals surface area contributed by atoms with Gasteiger partial charge in [-0.25, -0.2) is 14.2 Å². The number of hydrogen-bond donors (Lipinski definition) is 1. The van der Waals surface area contributed by atoms with Crippen LogP contribution in [0.2, 0.25) is 8.67 Å². The Morgan fingerprint density at radius 3 is 1.71 bits per heavy atom. The van der Waals surface area contributed by atoms with Crippen molar-refractivity contribution in [2.24, 2.45) is 10.8 Å². The van der Waals surface area contributed by atoms with Gasteiger partial charge in [-0.1, -0.05) is 113 Å². The number of carbonyl (C=O) groups is 3. The third kappa shape index (κ3) is 10.7. The van der Waals surface area contributed by atoms with Crippen molar-refractivity contribution in [3.05, 3.63) is 137 Å². The minimum atomic E-state index is -0.591. The lowest BCUT2D eigenvalue weighted by atomic mass is 9.95. The van der Waals surface area contributed by atoms with Crippen LogP contribution in [0.15, 0.2) is 84.9 Å². The maximum absolute atomic E-state index is 13.5. The molecule has 4 aromatic heterocycles. The standard InChI is InChI=1S/C33H34ClN3O3S.C18H24ClN3OS/c1-33(2,3)31(38)37-21(14-15-22-16-17-30(34)41-22)19-28(35-37)29-13-8-18-36(29)32(39)40-20-27-25-11-6-4-9-23(25)24-10-5-7-12-26(24)27;1-18(2,3)17(23)22-12(6-7-13-8-9-16(19)24-13)11-15(21-22)14-5-4-10-20-14/h4-7,9-12,16-17,19,27,29H,8,13-15,18,20H2,1-3H3;8-9,11,14,20H,4-7,10H2,1-3H3. The van der Waals surface area contributed by atoms with Crippen molar-refractivity contribution < 1.29 is 19.1 Å². The summed E-state index contributed by atoms with van der Waals surface area (Å²) in [6.45, 7) is 13.4. The van der Waals surface area contributed by atoms with Crippen molar-refractivity contribution in [3.8, 4) is 11.1 Å². The van der Waals surface area contributed by atoms with Crippen LogP contribution in [0.1, 0.15) is 138 Å². The zero-order valence-corrected chi connectivity index (χ0v) is 41.2. The van der Waals surface area contributed by atoms with E-state index in [1.54, 1.807) is 36.9 Å². The summed E-state index contributed by atoms with van der Waals surface area (Å²) in [5.41, 5.74) is 7.32. The summed E-state index contributed by atoms with van der Waals surface area (Å²) in [6.07, 6.45) is 6.64. The van der Waals surface area contributed by atoms with Crippen LogP contribution in [0.25, 0.3) is 11.1 Å². The summed E-state index contributed by atoms with van der Waals surface area (Å²) in [7, 11) is 0. The quantitative estimate of drug-likeness (QED) is 0.146. The summed E-state index contributed by atoms with van der Waals surface area (Å²) >= 11 is 15.3. The molecule has 2 fully saturated rings. The van der Waals surface area contributed by atoms with Crippen LogP contribution in [0.4, 0.5) is 4.79 Å². The molecule has 6 heterocycles. The largest absolute Gasteiger partial charge is 0.448 e. The number of benzene rings is 2. The number of fused-ring (bicyclic) bond motifs is 3. The molecule has 2 aliphatic heterocycles. The summed E-state index contributed by atoms with van der Waals surface area (Å²) < 4.78 is 10.7. The van der Waals surface area contributed by atoms with Gasteiger partial charge in [-0.2, -0.15) is 10.2 Å². The van der Waals surface area contributed by atoms with E-state index in [9.17, 15) is 14.4 Å². The van der Waals surface area contributed by atoms with Gasteiger partial charge in [0.2, 0.25) is 0 Å². The maximum atomic E-state index is 13.5. The zero-order valence-electron chi connectivity index (χ0n) is 38.0. The van der Waals surface area contributed by atoms with Crippen LogP contribution >= 0.6 is 45.9 Å². The lowest BCUT2D eigenvalue weighted by Crippen LogP contribution is -2.33. The first kappa shape index (κ1) is 46.9. The average molecular weight is 954 g/mol. The normalized spacial score (nSPS) is 17.2. The molecule has 0 radical (unpaired) electrons. The highest BCUT2D eigenvalue weighted by molar-refractivity contribution is 7.16. The molecule has 342 valence electrons. The molecule has 9 rings (SSSR count). The van der Waals surface area contributed by atoms with Gasteiger partial charge in [-0.05, 0) is 117 Å². The fourth-order valence-electron chi connectivity index (χ4n) is 8.94. The average Bonchev–Trinajstić information content (AvgIpc) is 4.13. The van der Waals surface area contributed by atoms with Crippen molar-refractivity contribution in [1.29, 1.82) is 0 Å². The smallest absolute Gasteiger partial charge is 0.410 e. The third-order valence-corrected chi connectivity index (χ3v) is 14.9. The number of nitrogens with zero attached hydrogens (tertiary/aromatic N) is 5. The minimum Gasteiger partial charge on any atom is -0.448 e. The Balaban J connectivity index is 0.000000204. The number of aromatic nitrogens is 4. The van der Waals surface area contributed by atoms with E-state index < -0.39 is 10.8 Å². The Labute approximate surface area is 400 Å².